The van der Waals surface area contributed by atoms with Gasteiger partial charge in [0.05, 0.1) is 5.02 Å². The van der Waals surface area contributed by atoms with Crippen LogP contribution in [0.15, 0.2) is 46.8 Å². The molecule has 0 aliphatic heterocycles. The number of carbonyl (C=O) groups is 1. The molecule has 1 heterocycles. The molecule has 0 saturated heterocycles. The first-order chi connectivity index (χ1) is 13.7. The predicted octanol–water partition coefficient (Wildman–Crippen LogP) is 3.63. The average Bonchev–Trinajstić information content (AvgIpc) is 3.15. The number of anilines is 2. The number of amides is 1. The number of aryl methyl sites for hydroxylation is 2. The first-order valence-electron chi connectivity index (χ1n) is 8.33. The number of sulfonamides is 1. The summed E-state index contributed by atoms with van der Waals surface area (Å²) in [6, 6.07) is 9.67. The van der Waals surface area contributed by atoms with E-state index >= 15 is 0 Å². The molecule has 0 aliphatic rings. The van der Waals surface area contributed by atoms with E-state index in [2.05, 4.69) is 20.2 Å². The Hall–Kier alpha value is -2.69. The third-order valence-corrected chi connectivity index (χ3v) is 6.24. The normalized spacial score (nSPS) is 11.1. The molecule has 0 bridgehead atoms. The Balaban J connectivity index is 1.77. The minimum atomic E-state index is -3.95. The Bertz CT molecular complexity index is 1120. The Kier molecular flexibility index (Phi) is 6.36. The van der Waals surface area contributed by atoms with Crippen LogP contribution in [0.2, 0.25) is 5.02 Å². The number of nitrogens with one attached hydrogen (secondary N) is 2. The summed E-state index contributed by atoms with van der Waals surface area (Å²) in [5.74, 6) is -0.218. The van der Waals surface area contributed by atoms with Crippen molar-refractivity contribution in [3.05, 3.63) is 58.1 Å². The van der Waals surface area contributed by atoms with Crippen LogP contribution in [0.3, 0.4) is 0 Å². The van der Waals surface area contributed by atoms with Crippen LogP contribution in [-0.2, 0) is 14.8 Å². The molecular formula is C18H17ClN4O4S2. The molecule has 0 saturated carbocycles. The Morgan fingerprint density at radius 1 is 1.21 bits per heavy atom. The van der Waals surface area contributed by atoms with E-state index in [1.807, 2.05) is 6.92 Å². The maximum absolute atomic E-state index is 12.8. The van der Waals surface area contributed by atoms with E-state index in [0.29, 0.717) is 16.4 Å². The van der Waals surface area contributed by atoms with Gasteiger partial charge in [-0.2, -0.15) is 0 Å². The van der Waals surface area contributed by atoms with Gasteiger partial charge in [0.15, 0.2) is 6.61 Å². The summed E-state index contributed by atoms with van der Waals surface area (Å²) in [5, 5.41) is 10.3. The third-order valence-electron chi connectivity index (χ3n) is 3.79. The Labute approximate surface area is 176 Å². The van der Waals surface area contributed by atoms with Crippen molar-refractivity contribution >= 4 is 49.7 Å². The highest BCUT2D eigenvalue weighted by Gasteiger charge is 2.21. The monoisotopic (exact) mass is 452 g/mol. The SMILES string of the molecule is Cc1ccc(NS(=O)(=O)c2cc(OCC(=O)Nc3nncs3)c(C)cc2Cl)cc1. The number of halogens is 1. The van der Waals surface area contributed by atoms with Crippen molar-refractivity contribution in [1.82, 2.24) is 10.2 Å². The van der Waals surface area contributed by atoms with Crippen LogP contribution in [-0.4, -0.2) is 31.1 Å². The fourth-order valence-electron chi connectivity index (χ4n) is 2.35. The zero-order valence-corrected chi connectivity index (χ0v) is 17.9. The van der Waals surface area contributed by atoms with E-state index in [4.69, 9.17) is 16.3 Å². The molecule has 1 aromatic heterocycles. The molecule has 0 atom stereocenters. The lowest BCUT2D eigenvalue weighted by molar-refractivity contribution is -0.118. The van der Waals surface area contributed by atoms with Crippen LogP contribution in [0.25, 0.3) is 0 Å². The number of rotatable bonds is 7. The number of benzene rings is 2. The molecule has 2 aromatic carbocycles. The van der Waals surface area contributed by atoms with Gasteiger partial charge in [0.25, 0.3) is 15.9 Å². The Morgan fingerprint density at radius 2 is 1.93 bits per heavy atom. The number of hydrogen-bond acceptors (Lipinski definition) is 7. The lowest BCUT2D eigenvalue weighted by atomic mass is 10.2. The standard InChI is InChI=1S/C18H17ClN4O4S2/c1-11-3-5-13(6-4-11)23-29(25,26)16-8-15(12(2)7-14(16)19)27-9-17(24)21-18-22-20-10-28-18/h3-8,10,23H,9H2,1-2H3,(H,21,22,24). The molecule has 0 aliphatic carbocycles. The average molecular weight is 453 g/mol. The van der Waals surface area contributed by atoms with Crippen molar-refractivity contribution in [3.63, 3.8) is 0 Å². The summed E-state index contributed by atoms with van der Waals surface area (Å²) in [6.07, 6.45) is 0. The number of ether oxygens (including phenoxy) is 1. The van der Waals surface area contributed by atoms with Crippen LogP contribution in [0.1, 0.15) is 11.1 Å². The van der Waals surface area contributed by atoms with Crippen LogP contribution in [0.5, 0.6) is 5.75 Å². The maximum atomic E-state index is 12.8. The quantitative estimate of drug-likeness (QED) is 0.566. The molecule has 29 heavy (non-hydrogen) atoms. The Morgan fingerprint density at radius 3 is 2.59 bits per heavy atom. The van der Waals surface area contributed by atoms with E-state index in [1.165, 1.54) is 29.0 Å². The largest absolute Gasteiger partial charge is 0.483 e. The van der Waals surface area contributed by atoms with E-state index in [9.17, 15) is 13.2 Å². The molecule has 152 valence electrons. The maximum Gasteiger partial charge on any atom is 0.264 e. The second kappa shape index (κ2) is 8.76. The highest BCUT2D eigenvalue weighted by molar-refractivity contribution is 7.92. The molecule has 0 spiro atoms. The van der Waals surface area contributed by atoms with Gasteiger partial charge in [-0.25, -0.2) is 8.42 Å². The molecule has 0 radical (unpaired) electrons. The third kappa shape index (κ3) is 5.43. The topological polar surface area (TPSA) is 110 Å². The summed E-state index contributed by atoms with van der Waals surface area (Å²) in [4.78, 5) is 11.8. The van der Waals surface area contributed by atoms with Gasteiger partial charge in [0.2, 0.25) is 5.13 Å². The number of carbonyl (C=O) groups excluding carboxylic acids is 1. The van der Waals surface area contributed by atoms with Gasteiger partial charge in [-0.05, 0) is 37.6 Å². The second-order valence-corrected chi connectivity index (χ2v) is 8.99. The molecule has 11 heteroatoms. The zero-order chi connectivity index (χ0) is 21.0. The lowest BCUT2D eigenvalue weighted by Crippen LogP contribution is -2.20. The van der Waals surface area contributed by atoms with Crippen molar-refractivity contribution < 1.29 is 17.9 Å². The van der Waals surface area contributed by atoms with Gasteiger partial charge in [-0.1, -0.05) is 40.6 Å². The summed E-state index contributed by atoms with van der Waals surface area (Å²) in [6.45, 7) is 3.28. The van der Waals surface area contributed by atoms with Crippen LogP contribution < -0.4 is 14.8 Å². The molecule has 8 nitrogen and oxygen atoms in total. The van der Waals surface area contributed by atoms with Crippen LogP contribution >= 0.6 is 22.9 Å². The zero-order valence-electron chi connectivity index (χ0n) is 15.5. The summed E-state index contributed by atoms with van der Waals surface area (Å²) in [7, 11) is -3.95. The molecule has 0 unspecified atom stereocenters. The smallest absolute Gasteiger partial charge is 0.264 e. The van der Waals surface area contributed by atoms with E-state index in [1.54, 1.807) is 31.2 Å². The van der Waals surface area contributed by atoms with E-state index in [-0.39, 0.29) is 22.3 Å². The van der Waals surface area contributed by atoms with E-state index < -0.39 is 15.9 Å². The summed E-state index contributed by atoms with van der Waals surface area (Å²) < 4.78 is 33.5. The fraction of sp³-hybridized carbons (Fsp3) is 0.167. The number of nitrogens with zero attached hydrogens (tertiary/aromatic N) is 2. The first kappa shape index (κ1) is 21.0. The van der Waals surface area contributed by atoms with Crippen LogP contribution in [0.4, 0.5) is 10.8 Å². The van der Waals surface area contributed by atoms with Crippen molar-refractivity contribution in [3.8, 4) is 5.75 Å². The molecule has 3 aromatic rings. The van der Waals surface area contributed by atoms with Crippen molar-refractivity contribution in [2.45, 2.75) is 18.7 Å². The number of aromatic nitrogens is 2. The minimum Gasteiger partial charge on any atom is -0.483 e. The minimum absolute atomic E-state index is 0.0489. The summed E-state index contributed by atoms with van der Waals surface area (Å²) >= 11 is 7.34. The van der Waals surface area contributed by atoms with Gasteiger partial charge < -0.3 is 4.74 Å². The van der Waals surface area contributed by atoms with Crippen molar-refractivity contribution in [2.75, 3.05) is 16.6 Å². The highest BCUT2D eigenvalue weighted by atomic mass is 35.5. The van der Waals surface area contributed by atoms with Gasteiger partial charge >= 0.3 is 0 Å². The first-order valence-corrected chi connectivity index (χ1v) is 11.1. The summed E-state index contributed by atoms with van der Waals surface area (Å²) in [5.41, 5.74) is 3.49. The second-order valence-electron chi connectivity index (χ2n) is 6.10. The molecule has 0 fully saturated rings. The van der Waals surface area contributed by atoms with Gasteiger partial charge in [-0.3, -0.25) is 14.8 Å². The van der Waals surface area contributed by atoms with Crippen molar-refractivity contribution in [2.24, 2.45) is 0 Å². The van der Waals surface area contributed by atoms with Gasteiger partial charge in [0, 0.05) is 11.8 Å². The lowest BCUT2D eigenvalue weighted by Gasteiger charge is -2.14. The van der Waals surface area contributed by atoms with Gasteiger partial charge in [-0.15, -0.1) is 10.2 Å². The molecule has 2 N–H and O–H groups in total. The van der Waals surface area contributed by atoms with Crippen LogP contribution in [0, 0.1) is 13.8 Å². The van der Waals surface area contributed by atoms with Crippen molar-refractivity contribution in [1.29, 1.82) is 0 Å². The highest BCUT2D eigenvalue weighted by Crippen LogP contribution is 2.31. The fourth-order valence-corrected chi connectivity index (χ4v) is 4.47. The number of hydrogen-bond donors (Lipinski definition) is 2. The van der Waals surface area contributed by atoms with E-state index in [0.717, 1.165) is 5.56 Å². The molecular weight excluding hydrogens is 436 g/mol. The van der Waals surface area contributed by atoms with Gasteiger partial charge in [0.1, 0.15) is 16.2 Å². The molecule has 3 rings (SSSR count). The molecule has 1 amide bonds. The predicted molar refractivity (Wildman–Crippen MR) is 112 cm³/mol.